The fraction of sp³-hybridized carbons (Fsp3) is 0.429. The van der Waals surface area contributed by atoms with Crippen molar-refractivity contribution >= 4 is 11.6 Å². The third-order valence-electron chi connectivity index (χ3n) is 3.04. The highest BCUT2D eigenvalue weighted by Gasteiger charge is 2.24. The van der Waals surface area contributed by atoms with Crippen LogP contribution in [0.25, 0.3) is 0 Å². The van der Waals surface area contributed by atoms with Crippen molar-refractivity contribution in [3.8, 4) is 0 Å². The molecule has 0 aliphatic heterocycles. The van der Waals surface area contributed by atoms with E-state index in [0.717, 1.165) is 29.7 Å². The van der Waals surface area contributed by atoms with Crippen LogP contribution in [0.5, 0.6) is 0 Å². The number of hydrogen-bond acceptors (Lipinski definition) is 5. The molecule has 0 saturated heterocycles. The van der Waals surface area contributed by atoms with Crippen molar-refractivity contribution in [1.29, 1.82) is 0 Å². The molecule has 0 unspecified atom stereocenters. The molecule has 0 aromatic carbocycles. The first-order valence-corrected chi connectivity index (χ1v) is 6.32. The van der Waals surface area contributed by atoms with Gasteiger partial charge in [-0.1, -0.05) is 13.8 Å². The highest BCUT2D eigenvalue weighted by atomic mass is 16.3. The Hall–Kier alpha value is -2.04. The summed E-state index contributed by atoms with van der Waals surface area (Å²) in [4.78, 5) is 8.28. The number of anilines is 2. The maximum Gasteiger partial charge on any atom is 0.131 e. The molecular formula is C14H20N4O. The van der Waals surface area contributed by atoms with Gasteiger partial charge in [-0.05, 0) is 19.1 Å². The molecule has 0 aliphatic carbocycles. The number of furan rings is 1. The molecule has 2 aromatic heterocycles. The zero-order valence-electron chi connectivity index (χ0n) is 11.8. The first-order valence-electron chi connectivity index (χ1n) is 6.32. The molecule has 2 rings (SSSR count). The molecule has 0 aliphatic rings. The molecule has 2 aromatic rings. The van der Waals surface area contributed by atoms with Gasteiger partial charge in [-0.15, -0.1) is 0 Å². The number of nitrogens with one attached hydrogen (secondary N) is 2. The Kier molecular flexibility index (Phi) is 3.74. The molecule has 0 radical (unpaired) electrons. The molecule has 0 saturated carbocycles. The van der Waals surface area contributed by atoms with Crippen LogP contribution < -0.4 is 10.6 Å². The predicted molar refractivity (Wildman–Crippen MR) is 76.5 cm³/mol. The minimum absolute atomic E-state index is 0.0982. The molecule has 0 atom stereocenters. The van der Waals surface area contributed by atoms with Gasteiger partial charge >= 0.3 is 0 Å². The Morgan fingerprint density at radius 2 is 1.95 bits per heavy atom. The van der Waals surface area contributed by atoms with Crippen molar-refractivity contribution in [2.24, 2.45) is 0 Å². The molecule has 5 nitrogen and oxygen atoms in total. The Bertz CT molecular complexity index is 548. The summed E-state index contributed by atoms with van der Waals surface area (Å²) in [5.41, 5.74) is -0.0982. The van der Waals surface area contributed by atoms with Gasteiger partial charge in [0.25, 0.3) is 0 Å². The quantitative estimate of drug-likeness (QED) is 0.865. The van der Waals surface area contributed by atoms with E-state index in [1.165, 1.54) is 6.33 Å². The zero-order valence-corrected chi connectivity index (χ0v) is 11.8. The molecule has 0 fully saturated rings. The third-order valence-corrected chi connectivity index (χ3v) is 3.04. The normalized spacial score (nSPS) is 11.4. The van der Waals surface area contributed by atoms with Gasteiger partial charge in [-0.2, -0.15) is 0 Å². The molecule has 102 valence electrons. The molecule has 2 N–H and O–H groups in total. The molecule has 0 amide bonds. The van der Waals surface area contributed by atoms with E-state index in [9.17, 15) is 0 Å². The summed E-state index contributed by atoms with van der Waals surface area (Å²) in [5, 5.41) is 6.31. The zero-order chi connectivity index (χ0) is 13.9. The molecule has 5 heteroatoms. The van der Waals surface area contributed by atoms with Crippen LogP contribution in [0.2, 0.25) is 0 Å². The lowest BCUT2D eigenvalue weighted by Crippen LogP contribution is -2.27. The monoisotopic (exact) mass is 260 g/mol. The number of nitrogens with zero attached hydrogens (tertiary/aromatic N) is 2. The van der Waals surface area contributed by atoms with E-state index >= 15 is 0 Å². The number of hydrogen-bond donors (Lipinski definition) is 2. The topological polar surface area (TPSA) is 63.0 Å². The first-order chi connectivity index (χ1) is 9.01. The lowest BCUT2D eigenvalue weighted by molar-refractivity contribution is 0.385. The van der Waals surface area contributed by atoms with Crippen molar-refractivity contribution in [3.05, 3.63) is 36.0 Å². The highest BCUT2D eigenvalue weighted by molar-refractivity contribution is 5.46. The molecule has 0 spiro atoms. The Labute approximate surface area is 113 Å². The van der Waals surface area contributed by atoms with Crippen molar-refractivity contribution in [3.63, 3.8) is 0 Å². The van der Waals surface area contributed by atoms with E-state index < -0.39 is 0 Å². The van der Waals surface area contributed by atoms with Gasteiger partial charge in [0.05, 0.1) is 0 Å². The van der Waals surface area contributed by atoms with Crippen LogP contribution in [0.3, 0.4) is 0 Å². The van der Waals surface area contributed by atoms with Crippen molar-refractivity contribution < 1.29 is 4.42 Å². The van der Waals surface area contributed by atoms with Crippen molar-refractivity contribution in [2.75, 3.05) is 24.2 Å². The molecular weight excluding hydrogens is 240 g/mol. The standard InChI is InChI=1S/C14H20N4O/c1-10-5-6-11(19-10)14(2,3)8-16-13-7-12(15-4)17-9-18-13/h5-7,9H,8H2,1-4H3,(H2,15,16,17,18). The average Bonchev–Trinajstić information content (AvgIpc) is 2.84. The van der Waals surface area contributed by atoms with Crippen LogP contribution in [0, 0.1) is 6.92 Å². The third kappa shape index (κ3) is 3.24. The first kappa shape index (κ1) is 13.4. The van der Waals surface area contributed by atoms with E-state index in [0.29, 0.717) is 0 Å². The van der Waals surface area contributed by atoms with Crippen LogP contribution in [-0.2, 0) is 5.41 Å². The average molecular weight is 260 g/mol. The van der Waals surface area contributed by atoms with E-state index in [1.807, 2.05) is 32.2 Å². The molecule has 0 bridgehead atoms. The Morgan fingerprint density at radius 1 is 1.21 bits per heavy atom. The van der Waals surface area contributed by atoms with Gasteiger partial charge in [0.15, 0.2) is 0 Å². The Morgan fingerprint density at radius 3 is 2.58 bits per heavy atom. The van der Waals surface area contributed by atoms with Crippen LogP contribution in [0.4, 0.5) is 11.6 Å². The van der Waals surface area contributed by atoms with E-state index in [-0.39, 0.29) is 5.41 Å². The minimum atomic E-state index is -0.0982. The van der Waals surface area contributed by atoms with Gasteiger partial charge < -0.3 is 15.1 Å². The largest absolute Gasteiger partial charge is 0.466 e. The summed E-state index contributed by atoms with van der Waals surface area (Å²) in [6.45, 7) is 6.97. The number of aromatic nitrogens is 2. The maximum atomic E-state index is 5.70. The summed E-state index contributed by atoms with van der Waals surface area (Å²) in [6.07, 6.45) is 1.54. The van der Waals surface area contributed by atoms with Crippen LogP contribution >= 0.6 is 0 Å². The number of rotatable bonds is 5. The van der Waals surface area contributed by atoms with E-state index in [1.54, 1.807) is 0 Å². The van der Waals surface area contributed by atoms with Gasteiger partial charge in [0.2, 0.25) is 0 Å². The second-order valence-corrected chi connectivity index (χ2v) is 5.19. The summed E-state index contributed by atoms with van der Waals surface area (Å²) in [6, 6.07) is 5.89. The Balaban J connectivity index is 2.04. The van der Waals surface area contributed by atoms with Crippen molar-refractivity contribution in [1.82, 2.24) is 9.97 Å². The lowest BCUT2D eigenvalue weighted by atomic mass is 9.90. The van der Waals surface area contributed by atoms with Crippen molar-refractivity contribution in [2.45, 2.75) is 26.2 Å². The van der Waals surface area contributed by atoms with Gasteiger partial charge in [0.1, 0.15) is 29.5 Å². The SMILES string of the molecule is CNc1cc(NCC(C)(C)c2ccc(C)o2)ncn1. The van der Waals surface area contributed by atoms with Crippen LogP contribution in [0.15, 0.2) is 28.9 Å². The fourth-order valence-electron chi connectivity index (χ4n) is 1.79. The predicted octanol–water partition coefficient (Wildman–Crippen LogP) is 2.81. The maximum absolute atomic E-state index is 5.70. The van der Waals surface area contributed by atoms with E-state index in [2.05, 4.69) is 34.4 Å². The number of aryl methyl sites for hydroxylation is 1. The summed E-state index contributed by atoms with van der Waals surface area (Å²) >= 11 is 0. The summed E-state index contributed by atoms with van der Waals surface area (Å²) < 4.78 is 5.70. The van der Waals surface area contributed by atoms with Gasteiger partial charge in [0, 0.05) is 25.1 Å². The van der Waals surface area contributed by atoms with Gasteiger partial charge in [-0.25, -0.2) is 9.97 Å². The van der Waals surface area contributed by atoms with Crippen LogP contribution in [-0.4, -0.2) is 23.6 Å². The molecule has 2 heterocycles. The van der Waals surface area contributed by atoms with Gasteiger partial charge in [-0.3, -0.25) is 0 Å². The summed E-state index contributed by atoms with van der Waals surface area (Å²) in [5.74, 6) is 3.50. The summed E-state index contributed by atoms with van der Waals surface area (Å²) in [7, 11) is 1.83. The molecule has 19 heavy (non-hydrogen) atoms. The minimum Gasteiger partial charge on any atom is -0.466 e. The second kappa shape index (κ2) is 5.30. The van der Waals surface area contributed by atoms with E-state index in [4.69, 9.17) is 4.42 Å². The highest BCUT2D eigenvalue weighted by Crippen LogP contribution is 2.25. The smallest absolute Gasteiger partial charge is 0.131 e. The second-order valence-electron chi connectivity index (χ2n) is 5.19. The lowest BCUT2D eigenvalue weighted by Gasteiger charge is -2.22. The fourth-order valence-corrected chi connectivity index (χ4v) is 1.79. The van der Waals surface area contributed by atoms with Crippen LogP contribution in [0.1, 0.15) is 25.4 Å².